The molecule has 0 radical (unpaired) electrons. The van der Waals surface area contributed by atoms with Gasteiger partial charge in [-0.05, 0) is 31.5 Å². The number of hydrogen-bond acceptors (Lipinski definition) is 2. The van der Waals surface area contributed by atoms with E-state index < -0.39 is 0 Å². The predicted molar refractivity (Wildman–Crippen MR) is 79.1 cm³/mol. The maximum absolute atomic E-state index is 13.2. The first kappa shape index (κ1) is 14.3. The van der Waals surface area contributed by atoms with Crippen LogP contribution in [0.15, 0.2) is 48.6 Å². The van der Waals surface area contributed by atoms with Gasteiger partial charge in [0.1, 0.15) is 5.82 Å². The molecule has 0 aliphatic carbocycles. The van der Waals surface area contributed by atoms with E-state index in [1.54, 1.807) is 12.1 Å². The second kappa shape index (κ2) is 6.89. The lowest BCUT2D eigenvalue weighted by molar-refractivity contribution is -0.117. The fourth-order valence-corrected chi connectivity index (χ4v) is 2.29. The lowest BCUT2D eigenvalue weighted by atomic mass is 10.2. The molecule has 1 amide bonds. The molecular formula is C16H19FN2O. The Kier molecular flexibility index (Phi) is 4.93. The molecule has 1 aromatic rings. The summed E-state index contributed by atoms with van der Waals surface area (Å²) in [5.41, 5.74) is 0.867. The zero-order valence-corrected chi connectivity index (χ0v) is 11.6. The summed E-state index contributed by atoms with van der Waals surface area (Å²) < 4.78 is 13.2. The van der Waals surface area contributed by atoms with Crippen molar-refractivity contribution in [3.05, 3.63) is 54.4 Å². The molecule has 0 bridgehead atoms. The van der Waals surface area contributed by atoms with Crippen molar-refractivity contribution in [2.75, 3.05) is 18.0 Å². The molecule has 1 aromatic carbocycles. The van der Waals surface area contributed by atoms with E-state index in [2.05, 4.69) is 10.2 Å². The van der Waals surface area contributed by atoms with Gasteiger partial charge in [0, 0.05) is 30.9 Å². The third-order valence-corrected chi connectivity index (χ3v) is 3.26. The van der Waals surface area contributed by atoms with Crippen molar-refractivity contribution >= 4 is 11.6 Å². The zero-order chi connectivity index (χ0) is 14.4. The molecule has 0 aromatic heterocycles. The molecule has 2 rings (SSSR count). The maximum Gasteiger partial charge on any atom is 0.244 e. The number of nitrogens with one attached hydrogen (secondary N) is 1. The smallest absolute Gasteiger partial charge is 0.244 e. The van der Waals surface area contributed by atoms with Crippen LogP contribution in [0.25, 0.3) is 0 Å². The molecule has 1 saturated heterocycles. The highest BCUT2D eigenvalue weighted by molar-refractivity contribution is 5.88. The molecule has 4 heteroatoms. The van der Waals surface area contributed by atoms with E-state index in [9.17, 15) is 9.18 Å². The minimum Gasteiger partial charge on any atom is -0.369 e. The molecule has 1 heterocycles. The standard InChI is InChI=1S/C16H19FN2O/c1-2-3-4-8-16(20)18-14-9-10-19(12-14)15-7-5-6-13(17)11-15/h2-8,11,14H,9-10,12H2,1H3,(H,18,20)/b3-2+,8-4+. The van der Waals surface area contributed by atoms with Crippen molar-refractivity contribution in [2.24, 2.45) is 0 Å². The van der Waals surface area contributed by atoms with E-state index in [-0.39, 0.29) is 17.8 Å². The minimum absolute atomic E-state index is 0.0887. The van der Waals surface area contributed by atoms with Crippen LogP contribution in [0.5, 0.6) is 0 Å². The second-order valence-electron chi connectivity index (χ2n) is 4.80. The summed E-state index contributed by atoms with van der Waals surface area (Å²) in [7, 11) is 0. The van der Waals surface area contributed by atoms with Crippen LogP contribution in [0.2, 0.25) is 0 Å². The summed E-state index contributed by atoms with van der Waals surface area (Å²) in [6.45, 7) is 3.44. The highest BCUT2D eigenvalue weighted by Gasteiger charge is 2.23. The van der Waals surface area contributed by atoms with Crippen LogP contribution >= 0.6 is 0 Å². The summed E-state index contributed by atoms with van der Waals surface area (Å²) in [5.74, 6) is -0.321. The van der Waals surface area contributed by atoms with Crippen LogP contribution in [0.3, 0.4) is 0 Å². The van der Waals surface area contributed by atoms with Crippen molar-refractivity contribution in [2.45, 2.75) is 19.4 Å². The van der Waals surface area contributed by atoms with E-state index in [4.69, 9.17) is 0 Å². The normalized spacial score (nSPS) is 19.1. The third-order valence-electron chi connectivity index (χ3n) is 3.26. The summed E-state index contributed by atoms with van der Waals surface area (Å²) in [5, 5.41) is 2.96. The summed E-state index contributed by atoms with van der Waals surface area (Å²) in [6.07, 6.45) is 7.79. The van der Waals surface area contributed by atoms with Crippen LogP contribution in [0.4, 0.5) is 10.1 Å². The first-order valence-electron chi connectivity index (χ1n) is 6.79. The molecule has 1 aliphatic heterocycles. The number of nitrogens with zero attached hydrogens (tertiary/aromatic N) is 1. The highest BCUT2D eigenvalue weighted by atomic mass is 19.1. The van der Waals surface area contributed by atoms with Crippen LogP contribution in [-0.2, 0) is 4.79 Å². The fourth-order valence-electron chi connectivity index (χ4n) is 2.29. The topological polar surface area (TPSA) is 32.3 Å². The van der Waals surface area contributed by atoms with Gasteiger partial charge < -0.3 is 10.2 Å². The van der Waals surface area contributed by atoms with Gasteiger partial charge >= 0.3 is 0 Å². The SMILES string of the molecule is C/C=C/C=C/C(=O)NC1CCN(c2cccc(F)c2)C1. The number of rotatable bonds is 4. The average molecular weight is 274 g/mol. The van der Waals surface area contributed by atoms with Crippen LogP contribution in [-0.4, -0.2) is 25.0 Å². The largest absolute Gasteiger partial charge is 0.369 e. The Morgan fingerprint density at radius 1 is 1.45 bits per heavy atom. The van der Waals surface area contributed by atoms with Gasteiger partial charge in [0.25, 0.3) is 0 Å². The molecule has 0 saturated carbocycles. The number of carbonyl (C=O) groups is 1. The Bertz CT molecular complexity index is 525. The van der Waals surface area contributed by atoms with Gasteiger partial charge in [0.15, 0.2) is 0 Å². The molecule has 1 fully saturated rings. The van der Waals surface area contributed by atoms with Crippen LogP contribution < -0.4 is 10.2 Å². The summed E-state index contributed by atoms with van der Waals surface area (Å²) in [4.78, 5) is 13.7. The number of carbonyl (C=O) groups excluding carboxylic acids is 1. The monoisotopic (exact) mass is 274 g/mol. The van der Waals surface area contributed by atoms with Gasteiger partial charge in [-0.25, -0.2) is 4.39 Å². The number of allylic oxidation sites excluding steroid dienone is 3. The van der Waals surface area contributed by atoms with Gasteiger partial charge in [0.2, 0.25) is 5.91 Å². The Morgan fingerprint density at radius 3 is 3.05 bits per heavy atom. The fraction of sp³-hybridized carbons (Fsp3) is 0.312. The number of benzene rings is 1. The van der Waals surface area contributed by atoms with Gasteiger partial charge in [-0.3, -0.25) is 4.79 Å². The van der Waals surface area contributed by atoms with E-state index in [1.807, 2.05) is 25.1 Å². The Balaban J connectivity index is 1.88. The summed E-state index contributed by atoms with van der Waals surface area (Å²) in [6, 6.07) is 6.66. The molecule has 0 spiro atoms. The Labute approximate surface area is 118 Å². The third kappa shape index (κ3) is 3.95. The lowest BCUT2D eigenvalue weighted by Gasteiger charge is -2.18. The number of hydrogen-bond donors (Lipinski definition) is 1. The number of anilines is 1. The van der Waals surface area contributed by atoms with E-state index >= 15 is 0 Å². The van der Waals surface area contributed by atoms with Crippen molar-refractivity contribution in [1.29, 1.82) is 0 Å². The zero-order valence-electron chi connectivity index (χ0n) is 11.6. The highest BCUT2D eigenvalue weighted by Crippen LogP contribution is 2.20. The molecule has 1 unspecified atom stereocenters. The number of halogens is 1. The predicted octanol–water partition coefficient (Wildman–Crippen LogP) is 2.65. The lowest BCUT2D eigenvalue weighted by Crippen LogP contribution is -2.36. The van der Waals surface area contributed by atoms with Gasteiger partial charge in [-0.15, -0.1) is 0 Å². The molecular weight excluding hydrogens is 255 g/mol. The van der Waals surface area contributed by atoms with Gasteiger partial charge in [-0.2, -0.15) is 0 Å². The molecule has 106 valence electrons. The molecule has 20 heavy (non-hydrogen) atoms. The van der Waals surface area contributed by atoms with Crippen LogP contribution in [0, 0.1) is 5.82 Å². The van der Waals surface area contributed by atoms with Crippen molar-refractivity contribution in [3.63, 3.8) is 0 Å². The van der Waals surface area contributed by atoms with Gasteiger partial charge in [0.05, 0.1) is 0 Å². The molecule has 1 atom stereocenters. The summed E-state index contributed by atoms with van der Waals surface area (Å²) >= 11 is 0. The van der Waals surface area contributed by atoms with E-state index in [1.165, 1.54) is 18.2 Å². The van der Waals surface area contributed by atoms with Crippen molar-refractivity contribution in [1.82, 2.24) is 5.32 Å². The van der Waals surface area contributed by atoms with Gasteiger partial charge in [-0.1, -0.05) is 24.3 Å². The quantitative estimate of drug-likeness (QED) is 0.676. The molecule has 1 aliphatic rings. The Hall–Kier alpha value is -2.10. The molecule has 3 nitrogen and oxygen atoms in total. The minimum atomic E-state index is -0.232. The molecule has 1 N–H and O–H groups in total. The van der Waals surface area contributed by atoms with Crippen LogP contribution in [0.1, 0.15) is 13.3 Å². The first-order chi connectivity index (χ1) is 9.69. The van der Waals surface area contributed by atoms with E-state index in [0.29, 0.717) is 6.54 Å². The first-order valence-corrected chi connectivity index (χ1v) is 6.79. The van der Waals surface area contributed by atoms with Crippen molar-refractivity contribution in [3.8, 4) is 0 Å². The maximum atomic E-state index is 13.2. The average Bonchev–Trinajstić information content (AvgIpc) is 2.87. The Morgan fingerprint density at radius 2 is 2.30 bits per heavy atom. The number of amides is 1. The van der Waals surface area contributed by atoms with Crippen molar-refractivity contribution < 1.29 is 9.18 Å². The van der Waals surface area contributed by atoms with E-state index in [0.717, 1.165) is 18.7 Å². The second-order valence-corrected chi connectivity index (χ2v) is 4.80.